The molecule has 33 heavy (non-hydrogen) atoms. The summed E-state index contributed by atoms with van der Waals surface area (Å²) in [5, 5.41) is 2.87. The lowest BCUT2D eigenvalue weighted by molar-refractivity contribution is -0.116. The molecule has 3 rings (SSSR count). The highest BCUT2D eigenvalue weighted by atomic mass is 32.2. The molecule has 1 amide bonds. The molecule has 3 aromatic carbocycles. The van der Waals surface area contributed by atoms with Gasteiger partial charge < -0.3 is 10.1 Å². The van der Waals surface area contributed by atoms with Crippen LogP contribution in [0.3, 0.4) is 0 Å². The summed E-state index contributed by atoms with van der Waals surface area (Å²) in [4.78, 5) is 12.5. The van der Waals surface area contributed by atoms with Crippen LogP contribution in [0.15, 0.2) is 83.8 Å². The van der Waals surface area contributed by atoms with Crippen LogP contribution >= 0.6 is 0 Å². The summed E-state index contributed by atoms with van der Waals surface area (Å²) < 4.78 is 33.1. The molecule has 0 heterocycles. The molecule has 6 nitrogen and oxygen atoms in total. The Balaban J connectivity index is 1.47. The second-order valence-electron chi connectivity index (χ2n) is 8.85. The number of hydrogen-bond donors (Lipinski definition) is 2. The van der Waals surface area contributed by atoms with Crippen molar-refractivity contribution in [2.24, 2.45) is 0 Å². The van der Waals surface area contributed by atoms with Crippen LogP contribution < -0.4 is 14.8 Å². The topological polar surface area (TPSA) is 84.5 Å². The SMILES string of the molecule is CC(C)(C)NS(=O)(=O)c1ccc(CCC(=O)Nc2ccc(OCc3ccccc3)cc2)cc1. The summed E-state index contributed by atoms with van der Waals surface area (Å²) in [6.07, 6.45) is 0.801. The van der Waals surface area contributed by atoms with E-state index in [0.717, 1.165) is 16.9 Å². The average Bonchev–Trinajstić information content (AvgIpc) is 2.77. The van der Waals surface area contributed by atoms with Crippen molar-refractivity contribution in [3.05, 3.63) is 90.0 Å². The molecule has 3 aromatic rings. The maximum absolute atomic E-state index is 12.4. The Labute approximate surface area is 196 Å². The zero-order valence-corrected chi connectivity index (χ0v) is 20.0. The van der Waals surface area contributed by atoms with E-state index in [0.29, 0.717) is 25.1 Å². The summed E-state index contributed by atoms with van der Waals surface area (Å²) in [5.41, 5.74) is 2.12. The molecule has 0 radical (unpaired) electrons. The molecule has 0 saturated carbocycles. The lowest BCUT2D eigenvalue weighted by Gasteiger charge is -2.20. The first-order valence-corrected chi connectivity index (χ1v) is 12.3. The third-order valence-electron chi connectivity index (χ3n) is 4.70. The third-order valence-corrected chi connectivity index (χ3v) is 6.48. The van der Waals surface area contributed by atoms with Crippen molar-refractivity contribution < 1.29 is 17.9 Å². The van der Waals surface area contributed by atoms with E-state index in [1.54, 1.807) is 57.2 Å². The fraction of sp³-hybridized carbons (Fsp3) is 0.269. The molecule has 0 saturated heterocycles. The quantitative estimate of drug-likeness (QED) is 0.469. The number of aryl methyl sites for hydroxylation is 1. The predicted molar refractivity (Wildman–Crippen MR) is 131 cm³/mol. The number of hydrogen-bond acceptors (Lipinski definition) is 4. The van der Waals surface area contributed by atoms with E-state index in [1.165, 1.54) is 0 Å². The molecule has 0 aliphatic heterocycles. The molecule has 174 valence electrons. The first-order valence-electron chi connectivity index (χ1n) is 10.8. The zero-order valence-electron chi connectivity index (χ0n) is 19.2. The Bertz CT molecular complexity index is 1150. The molecule has 0 unspecified atom stereocenters. The third kappa shape index (κ3) is 8.04. The lowest BCUT2D eigenvalue weighted by Crippen LogP contribution is -2.40. The van der Waals surface area contributed by atoms with Gasteiger partial charge in [0.05, 0.1) is 4.90 Å². The minimum absolute atomic E-state index is 0.112. The number of anilines is 1. The van der Waals surface area contributed by atoms with Crippen LogP contribution in [0.1, 0.15) is 38.3 Å². The first-order chi connectivity index (χ1) is 15.6. The van der Waals surface area contributed by atoms with Gasteiger partial charge in [-0.1, -0.05) is 42.5 Å². The van der Waals surface area contributed by atoms with Gasteiger partial charge >= 0.3 is 0 Å². The van der Waals surface area contributed by atoms with Gasteiger partial charge in [0.1, 0.15) is 12.4 Å². The van der Waals surface area contributed by atoms with Crippen molar-refractivity contribution in [2.45, 2.75) is 50.7 Å². The zero-order chi connectivity index (χ0) is 23.9. The van der Waals surface area contributed by atoms with Crippen molar-refractivity contribution >= 4 is 21.6 Å². The number of sulfonamides is 1. The monoisotopic (exact) mass is 466 g/mol. The number of ether oxygens (including phenoxy) is 1. The first kappa shape index (κ1) is 24.5. The molecule has 7 heteroatoms. The highest BCUT2D eigenvalue weighted by molar-refractivity contribution is 7.89. The minimum atomic E-state index is -3.57. The number of amides is 1. The number of nitrogens with one attached hydrogen (secondary N) is 2. The van der Waals surface area contributed by atoms with E-state index < -0.39 is 15.6 Å². The lowest BCUT2D eigenvalue weighted by atomic mass is 10.1. The van der Waals surface area contributed by atoms with Crippen molar-refractivity contribution in [3.63, 3.8) is 0 Å². The average molecular weight is 467 g/mol. The van der Waals surface area contributed by atoms with E-state index in [-0.39, 0.29) is 10.8 Å². The van der Waals surface area contributed by atoms with Crippen LogP contribution in [0.2, 0.25) is 0 Å². The summed E-state index contributed by atoms with van der Waals surface area (Å²) >= 11 is 0. The fourth-order valence-corrected chi connectivity index (χ4v) is 4.57. The van der Waals surface area contributed by atoms with Gasteiger partial charge in [-0.25, -0.2) is 13.1 Å². The fourth-order valence-electron chi connectivity index (χ4n) is 3.15. The molecule has 0 aliphatic rings. The second-order valence-corrected chi connectivity index (χ2v) is 10.5. The van der Waals surface area contributed by atoms with E-state index in [2.05, 4.69) is 10.0 Å². The maximum Gasteiger partial charge on any atom is 0.241 e. The van der Waals surface area contributed by atoms with Gasteiger partial charge in [-0.15, -0.1) is 0 Å². The van der Waals surface area contributed by atoms with Crippen molar-refractivity contribution in [3.8, 4) is 5.75 Å². The summed E-state index contributed by atoms with van der Waals surface area (Å²) in [6.45, 7) is 5.87. The van der Waals surface area contributed by atoms with E-state index >= 15 is 0 Å². The number of benzene rings is 3. The van der Waals surface area contributed by atoms with Crippen LogP contribution in [-0.2, 0) is 27.8 Å². The summed E-state index contributed by atoms with van der Waals surface area (Å²) in [7, 11) is -3.57. The molecule has 0 spiro atoms. The maximum atomic E-state index is 12.4. The van der Waals surface area contributed by atoms with Gasteiger partial charge in [0.25, 0.3) is 0 Å². The van der Waals surface area contributed by atoms with Crippen LogP contribution in [0.25, 0.3) is 0 Å². The Morgan fingerprint density at radius 2 is 1.48 bits per heavy atom. The smallest absolute Gasteiger partial charge is 0.241 e. The molecular weight excluding hydrogens is 436 g/mol. The Hall–Kier alpha value is -3.16. The highest BCUT2D eigenvalue weighted by Crippen LogP contribution is 2.18. The molecule has 0 fully saturated rings. The van der Waals surface area contributed by atoms with Crippen molar-refractivity contribution in [1.82, 2.24) is 4.72 Å². The predicted octanol–water partition coefficient (Wildman–Crippen LogP) is 4.91. The van der Waals surface area contributed by atoms with Crippen molar-refractivity contribution in [2.75, 3.05) is 5.32 Å². The number of rotatable bonds is 9. The van der Waals surface area contributed by atoms with Gasteiger partial charge in [0.15, 0.2) is 0 Å². The largest absolute Gasteiger partial charge is 0.489 e. The Kier molecular flexibility index (Phi) is 7.89. The Morgan fingerprint density at radius 1 is 0.848 bits per heavy atom. The van der Waals surface area contributed by atoms with Gasteiger partial charge in [-0.3, -0.25) is 4.79 Å². The minimum Gasteiger partial charge on any atom is -0.489 e. The number of carbonyl (C=O) groups excluding carboxylic acids is 1. The summed E-state index contributed by atoms with van der Waals surface area (Å²) in [5.74, 6) is 0.617. The van der Waals surface area contributed by atoms with E-state index in [4.69, 9.17) is 4.74 Å². The molecule has 0 atom stereocenters. The van der Waals surface area contributed by atoms with Gasteiger partial charge in [0.2, 0.25) is 15.9 Å². The van der Waals surface area contributed by atoms with Crippen LogP contribution in [-0.4, -0.2) is 19.9 Å². The Morgan fingerprint density at radius 3 is 2.09 bits per heavy atom. The highest BCUT2D eigenvalue weighted by Gasteiger charge is 2.21. The second kappa shape index (κ2) is 10.6. The molecule has 2 N–H and O–H groups in total. The molecule has 0 aromatic heterocycles. The van der Waals surface area contributed by atoms with Gasteiger partial charge in [-0.2, -0.15) is 0 Å². The number of carbonyl (C=O) groups is 1. The molecular formula is C26H30N2O4S. The van der Waals surface area contributed by atoms with Crippen molar-refractivity contribution in [1.29, 1.82) is 0 Å². The van der Waals surface area contributed by atoms with Gasteiger partial charge in [-0.05, 0) is 74.7 Å². The van der Waals surface area contributed by atoms with E-state index in [1.807, 2.05) is 42.5 Å². The normalized spacial score (nSPS) is 11.7. The molecule has 0 aliphatic carbocycles. The van der Waals surface area contributed by atoms with Gasteiger partial charge in [0, 0.05) is 17.6 Å². The van der Waals surface area contributed by atoms with Crippen LogP contribution in [0, 0.1) is 0 Å². The van der Waals surface area contributed by atoms with Crippen LogP contribution in [0.4, 0.5) is 5.69 Å². The van der Waals surface area contributed by atoms with E-state index in [9.17, 15) is 13.2 Å². The standard InChI is InChI=1S/C26H30N2O4S/c1-26(2,3)28-33(30,31)24-16-9-20(10-17-24)11-18-25(29)27-22-12-14-23(15-13-22)32-19-21-7-5-4-6-8-21/h4-10,12-17,28H,11,18-19H2,1-3H3,(H,27,29). The van der Waals surface area contributed by atoms with Crippen LogP contribution in [0.5, 0.6) is 5.75 Å². The molecule has 0 bridgehead atoms. The summed E-state index contributed by atoms with van der Waals surface area (Å²) in [6, 6.07) is 23.8.